The van der Waals surface area contributed by atoms with E-state index in [0.717, 1.165) is 48.3 Å². The fourth-order valence-electron chi connectivity index (χ4n) is 3.42. The summed E-state index contributed by atoms with van der Waals surface area (Å²) in [6, 6.07) is 14.7. The number of anilines is 1. The Balaban J connectivity index is 1.80. The van der Waals surface area contributed by atoms with E-state index in [0.29, 0.717) is 4.90 Å². The Kier molecular flexibility index (Phi) is 4.38. The van der Waals surface area contributed by atoms with Crippen molar-refractivity contribution >= 4 is 26.4 Å². The first-order chi connectivity index (χ1) is 12.6. The number of aromatic nitrogens is 1. The summed E-state index contributed by atoms with van der Waals surface area (Å²) in [5, 5.41) is 4.19. The zero-order chi connectivity index (χ0) is 18.1. The van der Waals surface area contributed by atoms with Gasteiger partial charge in [-0.1, -0.05) is 30.3 Å². The molecule has 0 aliphatic carbocycles. The molecule has 0 unspecified atom stereocenters. The lowest BCUT2D eigenvalue weighted by atomic mass is 10.1. The highest BCUT2D eigenvalue weighted by Crippen LogP contribution is 2.29. The van der Waals surface area contributed by atoms with Gasteiger partial charge in [-0.15, -0.1) is 0 Å². The maximum Gasteiger partial charge on any atom is 0.208 e. The number of benzene rings is 2. The zero-order valence-corrected chi connectivity index (χ0v) is 15.5. The van der Waals surface area contributed by atoms with Crippen molar-refractivity contribution in [2.75, 3.05) is 31.1 Å². The molecule has 134 valence electrons. The Morgan fingerprint density at radius 1 is 1.04 bits per heavy atom. The summed E-state index contributed by atoms with van der Waals surface area (Å²) in [6.07, 6.45) is 1.48. The van der Waals surface area contributed by atoms with Crippen LogP contribution in [-0.4, -0.2) is 39.6 Å². The molecule has 0 atom stereocenters. The van der Waals surface area contributed by atoms with Crippen molar-refractivity contribution in [2.45, 2.75) is 16.7 Å². The van der Waals surface area contributed by atoms with Crippen molar-refractivity contribution in [1.29, 1.82) is 0 Å². The molecule has 1 aromatic heterocycles. The third-order valence-corrected chi connectivity index (χ3v) is 6.70. The van der Waals surface area contributed by atoms with E-state index < -0.39 is 9.84 Å². The maximum absolute atomic E-state index is 13.0. The first-order valence-corrected chi connectivity index (χ1v) is 10.2. The smallest absolute Gasteiger partial charge is 0.208 e. The fraction of sp³-hybridized carbons (Fsp3) is 0.250. The summed E-state index contributed by atoms with van der Waals surface area (Å²) >= 11 is 0. The predicted molar refractivity (Wildman–Crippen MR) is 103 cm³/mol. The third kappa shape index (κ3) is 2.95. The van der Waals surface area contributed by atoms with E-state index in [1.807, 2.05) is 31.2 Å². The number of para-hydroxylation sites is 1. The molecule has 2 heterocycles. The van der Waals surface area contributed by atoms with Crippen LogP contribution in [0.15, 0.2) is 64.5 Å². The molecule has 2 aromatic carbocycles. The Labute approximate surface area is 153 Å². The summed E-state index contributed by atoms with van der Waals surface area (Å²) in [5.41, 5.74) is 2.64. The number of pyridine rings is 1. The molecule has 1 saturated heterocycles. The van der Waals surface area contributed by atoms with Crippen LogP contribution in [0.4, 0.5) is 5.69 Å². The minimum atomic E-state index is -3.58. The summed E-state index contributed by atoms with van der Waals surface area (Å²) in [4.78, 5) is 7.40. The number of piperazine rings is 1. The van der Waals surface area contributed by atoms with E-state index in [9.17, 15) is 8.42 Å². The minimum absolute atomic E-state index is 0.233. The van der Waals surface area contributed by atoms with Gasteiger partial charge < -0.3 is 10.2 Å². The van der Waals surface area contributed by atoms with Gasteiger partial charge in [0.15, 0.2) is 0 Å². The maximum atomic E-state index is 13.0. The van der Waals surface area contributed by atoms with Crippen molar-refractivity contribution in [2.24, 2.45) is 0 Å². The number of fused-ring (bicyclic) bond motifs is 1. The lowest BCUT2D eigenvalue weighted by Gasteiger charge is -2.30. The van der Waals surface area contributed by atoms with E-state index in [1.165, 1.54) is 6.20 Å². The molecule has 3 aromatic rings. The number of sulfone groups is 1. The normalized spacial score (nSPS) is 15.3. The van der Waals surface area contributed by atoms with E-state index >= 15 is 0 Å². The second-order valence-corrected chi connectivity index (χ2v) is 8.44. The molecular weight excluding hydrogens is 346 g/mol. The molecule has 0 amide bonds. The van der Waals surface area contributed by atoms with E-state index in [4.69, 9.17) is 0 Å². The highest BCUT2D eigenvalue weighted by Gasteiger charge is 2.21. The van der Waals surface area contributed by atoms with Gasteiger partial charge in [-0.25, -0.2) is 8.42 Å². The molecule has 1 fully saturated rings. The molecule has 5 nitrogen and oxygen atoms in total. The van der Waals surface area contributed by atoms with Crippen molar-refractivity contribution in [3.63, 3.8) is 0 Å². The van der Waals surface area contributed by atoms with Gasteiger partial charge in [0, 0.05) is 37.8 Å². The molecule has 1 aliphatic heterocycles. The van der Waals surface area contributed by atoms with Crippen LogP contribution in [0.25, 0.3) is 10.9 Å². The van der Waals surface area contributed by atoms with Crippen molar-refractivity contribution < 1.29 is 8.42 Å². The number of hydrogen-bond acceptors (Lipinski definition) is 5. The van der Waals surface area contributed by atoms with Gasteiger partial charge in [-0.05, 0) is 30.7 Å². The average Bonchev–Trinajstić information content (AvgIpc) is 2.68. The van der Waals surface area contributed by atoms with Gasteiger partial charge in [0.2, 0.25) is 9.84 Å². The first kappa shape index (κ1) is 17.0. The average molecular weight is 367 g/mol. The molecule has 1 aliphatic rings. The van der Waals surface area contributed by atoms with Crippen LogP contribution < -0.4 is 10.2 Å². The summed E-state index contributed by atoms with van der Waals surface area (Å²) in [6.45, 7) is 5.53. The van der Waals surface area contributed by atoms with E-state index in [-0.39, 0.29) is 4.90 Å². The summed E-state index contributed by atoms with van der Waals surface area (Å²) in [5.74, 6) is 0. The lowest BCUT2D eigenvalue weighted by molar-refractivity contribution is 0.590. The van der Waals surface area contributed by atoms with Gasteiger partial charge >= 0.3 is 0 Å². The molecule has 26 heavy (non-hydrogen) atoms. The predicted octanol–water partition coefficient (Wildman–Crippen LogP) is 2.79. The van der Waals surface area contributed by atoms with E-state index in [1.54, 1.807) is 18.2 Å². The topological polar surface area (TPSA) is 62.3 Å². The molecular formula is C20H21N3O2S. The van der Waals surface area contributed by atoms with Crippen LogP contribution in [-0.2, 0) is 9.84 Å². The minimum Gasteiger partial charge on any atom is -0.367 e. The van der Waals surface area contributed by atoms with Crippen LogP contribution in [0.2, 0.25) is 0 Å². The number of nitrogens with zero attached hydrogens (tertiary/aromatic N) is 2. The molecule has 4 rings (SSSR count). The Morgan fingerprint density at radius 3 is 2.58 bits per heavy atom. The highest BCUT2D eigenvalue weighted by atomic mass is 32.2. The second-order valence-electron chi connectivity index (χ2n) is 6.53. The number of nitrogens with one attached hydrogen (secondary N) is 1. The third-order valence-electron chi connectivity index (χ3n) is 4.82. The van der Waals surface area contributed by atoms with Gasteiger partial charge in [0.1, 0.15) is 0 Å². The molecule has 0 spiro atoms. The quantitative estimate of drug-likeness (QED) is 0.771. The summed E-state index contributed by atoms with van der Waals surface area (Å²) in [7, 11) is -3.58. The SMILES string of the molecule is Cc1ccccc1S(=O)(=O)c1cnc2c(N3CCNCC3)cccc2c1. The second kappa shape index (κ2) is 6.70. The van der Waals surface area contributed by atoms with Crippen LogP contribution in [0.5, 0.6) is 0 Å². The van der Waals surface area contributed by atoms with Gasteiger partial charge in [-0.3, -0.25) is 4.98 Å². The largest absolute Gasteiger partial charge is 0.367 e. The van der Waals surface area contributed by atoms with Crippen LogP contribution >= 0.6 is 0 Å². The van der Waals surface area contributed by atoms with Crippen molar-refractivity contribution in [1.82, 2.24) is 10.3 Å². The first-order valence-electron chi connectivity index (χ1n) is 8.72. The van der Waals surface area contributed by atoms with Gasteiger partial charge in [0.05, 0.1) is 21.0 Å². The zero-order valence-electron chi connectivity index (χ0n) is 14.6. The number of rotatable bonds is 3. The molecule has 0 radical (unpaired) electrons. The monoisotopic (exact) mass is 367 g/mol. The molecule has 0 bridgehead atoms. The number of aryl methyl sites for hydroxylation is 1. The van der Waals surface area contributed by atoms with Crippen LogP contribution in [0.3, 0.4) is 0 Å². The van der Waals surface area contributed by atoms with Gasteiger partial charge in [0.25, 0.3) is 0 Å². The Hall–Kier alpha value is -2.44. The van der Waals surface area contributed by atoms with Crippen molar-refractivity contribution in [3.8, 4) is 0 Å². The molecule has 6 heteroatoms. The lowest BCUT2D eigenvalue weighted by Crippen LogP contribution is -2.43. The number of hydrogen-bond donors (Lipinski definition) is 1. The van der Waals surface area contributed by atoms with Gasteiger partial charge in [-0.2, -0.15) is 0 Å². The standard InChI is InChI=1S/C20H21N3O2S/c1-15-5-2-3-8-19(15)26(24,25)17-13-16-6-4-7-18(20(16)22-14-17)23-11-9-21-10-12-23/h2-8,13-14,21H,9-12H2,1H3. The summed E-state index contributed by atoms with van der Waals surface area (Å²) < 4.78 is 26.1. The van der Waals surface area contributed by atoms with E-state index in [2.05, 4.69) is 21.3 Å². The van der Waals surface area contributed by atoms with Crippen LogP contribution in [0, 0.1) is 6.92 Å². The molecule has 0 saturated carbocycles. The van der Waals surface area contributed by atoms with Crippen molar-refractivity contribution in [3.05, 3.63) is 60.3 Å². The highest BCUT2D eigenvalue weighted by molar-refractivity contribution is 7.91. The Morgan fingerprint density at radius 2 is 1.81 bits per heavy atom. The van der Waals surface area contributed by atoms with Crippen LogP contribution in [0.1, 0.15) is 5.56 Å². The fourth-order valence-corrected chi connectivity index (χ4v) is 4.89. The Bertz CT molecular complexity index is 1060. The molecule has 1 N–H and O–H groups in total.